The molecule has 0 atom stereocenters. The van der Waals surface area contributed by atoms with Gasteiger partial charge >= 0.3 is 22.7 Å². The molecule has 0 aromatic rings. The second-order valence-corrected chi connectivity index (χ2v) is 3.50. The van der Waals surface area contributed by atoms with Gasteiger partial charge in [-0.2, -0.15) is 0 Å². The van der Waals surface area contributed by atoms with Crippen LogP contribution in [0.1, 0.15) is 51.9 Å². The molecule has 13 heavy (non-hydrogen) atoms. The van der Waals surface area contributed by atoms with Crippen molar-refractivity contribution in [2.75, 3.05) is 0 Å². The van der Waals surface area contributed by atoms with E-state index in [9.17, 15) is 4.79 Å². The summed E-state index contributed by atoms with van der Waals surface area (Å²) in [5.74, 6) is -0.00981. The molecule has 3 heteroatoms. The van der Waals surface area contributed by atoms with E-state index in [0.717, 1.165) is 19.3 Å². The number of hydrogen-bond donors (Lipinski definition) is 0. The first kappa shape index (κ1) is 13.0. The summed E-state index contributed by atoms with van der Waals surface area (Å²) >= 11 is 0. The van der Waals surface area contributed by atoms with E-state index in [1.165, 1.54) is 19.3 Å². The monoisotopic (exact) mass is 229 g/mol. The zero-order valence-corrected chi connectivity index (χ0v) is 9.22. The van der Waals surface area contributed by atoms with Crippen molar-refractivity contribution in [3.8, 4) is 0 Å². The molecule has 0 aromatic heterocycles. The summed E-state index contributed by atoms with van der Waals surface area (Å²) in [7, 11) is 0. The van der Waals surface area contributed by atoms with Gasteiger partial charge in [-0.15, -0.1) is 0 Å². The van der Waals surface area contributed by atoms with Crippen LogP contribution in [0.2, 0.25) is 0 Å². The standard InChI is InChI=1S/C10H18O2.Co/c1-2-6-10(11)12-9-7-4-3-5-8-9;/h9H,2-8H2,1H3;/q;+2. The van der Waals surface area contributed by atoms with Crippen molar-refractivity contribution in [2.45, 2.75) is 58.0 Å². The van der Waals surface area contributed by atoms with Gasteiger partial charge in [-0.1, -0.05) is 13.3 Å². The molecule has 1 radical (unpaired) electrons. The molecule has 0 saturated heterocycles. The molecule has 0 amide bonds. The number of carbonyl (C=O) groups is 1. The van der Waals surface area contributed by atoms with Gasteiger partial charge in [0.2, 0.25) is 0 Å². The average Bonchev–Trinajstić information content (AvgIpc) is 2.06. The molecule has 1 aliphatic carbocycles. The summed E-state index contributed by atoms with van der Waals surface area (Å²) in [5.41, 5.74) is 0. The van der Waals surface area contributed by atoms with Gasteiger partial charge in [0.1, 0.15) is 6.10 Å². The fourth-order valence-corrected chi connectivity index (χ4v) is 1.63. The molecule has 0 N–H and O–H groups in total. The molecule has 0 aromatic carbocycles. The van der Waals surface area contributed by atoms with E-state index in [0.29, 0.717) is 6.42 Å². The minimum atomic E-state index is -0.00981. The van der Waals surface area contributed by atoms with Gasteiger partial charge in [-0.3, -0.25) is 4.79 Å². The molecule has 2 nitrogen and oxygen atoms in total. The van der Waals surface area contributed by atoms with Crippen molar-refractivity contribution in [1.82, 2.24) is 0 Å². The second-order valence-electron chi connectivity index (χ2n) is 3.50. The Morgan fingerprint density at radius 1 is 1.31 bits per heavy atom. The predicted octanol–water partition coefficient (Wildman–Crippen LogP) is 2.66. The van der Waals surface area contributed by atoms with E-state index in [4.69, 9.17) is 4.74 Å². The second kappa shape index (κ2) is 7.39. The van der Waals surface area contributed by atoms with E-state index >= 15 is 0 Å². The molecule has 1 saturated carbocycles. The Balaban J connectivity index is 0.00000144. The van der Waals surface area contributed by atoms with E-state index in [1.54, 1.807) is 0 Å². The summed E-state index contributed by atoms with van der Waals surface area (Å²) in [6, 6.07) is 0. The average molecular weight is 229 g/mol. The molecule has 1 rings (SSSR count). The summed E-state index contributed by atoms with van der Waals surface area (Å²) in [4.78, 5) is 11.1. The van der Waals surface area contributed by atoms with Crippen LogP contribution in [0.15, 0.2) is 0 Å². The van der Waals surface area contributed by atoms with E-state index in [1.807, 2.05) is 6.92 Å². The number of esters is 1. The Bertz CT molecular complexity index is 142. The zero-order chi connectivity index (χ0) is 8.81. The third kappa shape index (κ3) is 5.31. The molecule has 0 bridgehead atoms. The van der Waals surface area contributed by atoms with E-state index < -0.39 is 0 Å². The quantitative estimate of drug-likeness (QED) is 0.695. The van der Waals surface area contributed by atoms with Crippen LogP contribution in [0.4, 0.5) is 0 Å². The van der Waals surface area contributed by atoms with Crippen LogP contribution in [0.5, 0.6) is 0 Å². The summed E-state index contributed by atoms with van der Waals surface area (Å²) < 4.78 is 5.29. The predicted molar refractivity (Wildman–Crippen MR) is 47.9 cm³/mol. The molecule has 77 valence electrons. The van der Waals surface area contributed by atoms with E-state index in [2.05, 4.69) is 0 Å². The molecular weight excluding hydrogens is 211 g/mol. The van der Waals surface area contributed by atoms with Crippen molar-refractivity contribution >= 4 is 5.97 Å². The number of carbonyl (C=O) groups excluding carboxylic acids is 1. The van der Waals surface area contributed by atoms with Crippen LogP contribution in [0.3, 0.4) is 0 Å². The van der Waals surface area contributed by atoms with Crippen LogP contribution < -0.4 is 0 Å². The molecule has 0 spiro atoms. The first-order chi connectivity index (χ1) is 5.83. The van der Waals surface area contributed by atoms with Crippen LogP contribution in [0, 0.1) is 0 Å². The summed E-state index contributed by atoms with van der Waals surface area (Å²) in [6.45, 7) is 2.00. The SMILES string of the molecule is CCCC(=O)OC1CCCCC1.[Co+2]. The maximum Gasteiger partial charge on any atom is 2.00 e. The zero-order valence-electron chi connectivity index (χ0n) is 8.18. The maximum atomic E-state index is 11.1. The Morgan fingerprint density at radius 2 is 1.92 bits per heavy atom. The summed E-state index contributed by atoms with van der Waals surface area (Å²) in [6.07, 6.45) is 7.63. The van der Waals surface area contributed by atoms with Crippen molar-refractivity contribution < 1.29 is 26.3 Å². The molecule has 1 aliphatic rings. The normalized spacial score (nSPS) is 17.6. The molecule has 0 aliphatic heterocycles. The van der Waals surface area contributed by atoms with E-state index in [-0.39, 0.29) is 28.9 Å². The topological polar surface area (TPSA) is 26.3 Å². The number of ether oxygens (including phenoxy) is 1. The number of rotatable bonds is 3. The van der Waals surface area contributed by atoms with Crippen LogP contribution in [-0.4, -0.2) is 12.1 Å². The Morgan fingerprint density at radius 3 is 2.46 bits per heavy atom. The minimum absolute atomic E-state index is 0. The van der Waals surface area contributed by atoms with Crippen molar-refractivity contribution in [1.29, 1.82) is 0 Å². The van der Waals surface area contributed by atoms with Gasteiger partial charge in [0.05, 0.1) is 0 Å². The largest absolute Gasteiger partial charge is 2.00 e. The maximum absolute atomic E-state index is 11.1. The fourth-order valence-electron chi connectivity index (χ4n) is 1.63. The van der Waals surface area contributed by atoms with Gasteiger partial charge in [0, 0.05) is 6.42 Å². The first-order valence-corrected chi connectivity index (χ1v) is 5.02. The Kier molecular flexibility index (Phi) is 7.37. The van der Waals surface area contributed by atoms with Crippen LogP contribution in [-0.2, 0) is 26.3 Å². The molecule has 0 unspecified atom stereocenters. The molecule has 1 fully saturated rings. The Labute approximate surface area is 90.6 Å². The first-order valence-electron chi connectivity index (χ1n) is 5.02. The smallest absolute Gasteiger partial charge is 0.462 e. The van der Waals surface area contributed by atoms with Crippen molar-refractivity contribution in [3.63, 3.8) is 0 Å². The van der Waals surface area contributed by atoms with Crippen molar-refractivity contribution in [3.05, 3.63) is 0 Å². The van der Waals surface area contributed by atoms with Gasteiger partial charge in [0.25, 0.3) is 0 Å². The third-order valence-electron chi connectivity index (χ3n) is 2.30. The summed E-state index contributed by atoms with van der Waals surface area (Å²) in [5, 5.41) is 0. The Hall–Kier alpha value is -0.0235. The van der Waals surface area contributed by atoms with Gasteiger partial charge in [-0.25, -0.2) is 0 Å². The van der Waals surface area contributed by atoms with Crippen molar-refractivity contribution in [2.24, 2.45) is 0 Å². The van der Waals surface area contributed by atoms with Crippen LogP contribution >= 0.6 is 0 Å². The van der Waals surface area contributed by atoms with Gasteiger partial charge < -0.3 is 4.74 Å². The molecular formula is C10H18CoO2+2. The van der Waals surface area contributed by atoms with Gasteiger partial charge in [0.15, 0.2) is 0 Å². The third-order valence-corrected chi connectivity index (χ3v) is 2.30. The molecule has 0 heterocycles. The van der Waals surface area contributed by atoms with Crippen LogP contribution in [0.25, 0.3) is 0 Å². The number of hydrogen-bond acceptors (Lipinski definition) is 2. The minimum Gasteiger partial charge on any atom is -0.462 e. The van der Waals surface area contributed by atoms with Gasteiger partial charge in [-0.05, 0) is 32.1 Å². The fraction of sp³-hybridized carbons (Fsp3) is 0.900.